The summed E-state index contributed by atoms with van der Waals surface area (Å²) in [5.41, 5.74) is 1.85. The largest absolute Gasteiger partial charge is 0.489 e. The standard InChI is InChI=1S/C18H22N4O3/c1-11(2)8-12-9-13(21-20-12)17(23)19-14-10-25-16-7-5-4-6-15(16)22(3)18(14)24/h4-7,9,11,14H,8,10H2,1-3H3,(H,19,23)(H,20,21)/t14-/m0/s1. The molecule has 0 aliphatic carbocycles. The number of amides is 2. The zero-order chi connectivity index (χ0) is 18.0. The number of aromatic amines is 1. The number of carbonyl (C=O) groups is 2. The molecule has 7 heteroatoms. The Morgan fingerprint density at radius 3 is 2.96 bits per heavy atom. The van der Waals surface area contributed by atoms with Crippen LogP contribution in [-0.2, 0) is 11.2 Å². The van der Waals surface area contributed by atoms with Crippen molar-refractivity contribution >= 4 is 17.5 Å². The molecular formula is C18H22N4O3. The first kappa shape index (κ1) is 17.0. The number of nitrogens with zero attached hydrogens (tertiary/aromatic N) is 2. The average Bonchev–Trinajstić information content (AvgIpc) is 3.01. The highest BCUT2D eigenvalue weighted by Crippen LogP contribution is 2.29. The lowest BCUT2D eigenvalue weighted by Crippen LogP contribution is -2.49. The van der Waals surface area contributed by atoms with Gasteiger partial charge in [0.05, 0.1) is 5.69 Å². The van der Waals surface area contributed by atoms with E-state index < -0.39 is 11.9 Å². The molecule has 2 N–H and O–H groups in total. The number of benzene rings is 1. The van der Waals surface area contributed by atoms with Gasteiger partial charge in [0.1, 0.15) is 24.1 Å². The summed E-state index contributed by atoms with van der Waals surface area (Å²) in [7, 11) is 1.67. The Hall–Kier alpha value is -2.83. The normalized spacial score (nSPS) is 17.0. The summed E-state index contributed by atoms with van der Waals surface area (Å²) >= 11 is 0. The van der Waals surface area contributed by atoms with Gasteiger partial charge in [0.2, 0.25) is 0 Å². The number of aromatic nitrogens is 2. The van der Waals surface area contributed by atoms with Crippen molar-refractivity contribution in [3.8, 4) is 5.75 Å². The van der Waals surface area contributed by atoms with Gasteiger partial charge in [0, 0.05) is 12.7 Å². The lowest BCUT2D eigenvalue weighted by atomic mass is 10.1. The Bertz CT molecular complexity index is 784. The van der Waals surface area contributed by atoms with Crippen molar-refractivity contribution in [2.75, 3.05) is 18.6 Å². The van der Waals surface area contributed by atoms with E-state index >= 15 is 0 Å². The van der Waals surface area contributed by atoms with Gasteiger partial charge in [-0.2, -0.15) is 5.10 Å². The molecule has 0 saturated carbocycles. The fraction of sp³-hybridized carbons (Fsp3) is 0.389. The third-order valence-electron chi connectivity index (χ3n) is 4.06. The van der Waals surface area contributed by atoms with Crippen LogP contribution < -0.4 is 15.0 Å². The minimum absolute atomic E-state index is 0.0786. The number of para-hydroxylation sites is 2. The number of ether oxygens (including phenoxy) is 1. The molecule has 2 aromatic rings. The van der Waals surface area contributed by atoms with Gasteiger partial charge in [-0.1, -0.05) is 26.0 Å². The number of hydrogen-bond donors (Lipinski definition) is 2. The summed E-state index contributed by atoms with van der Waals surface area (Å²) in [6.07, 6.45) is 0.809. The van der Waals surface area contributed by atoms with Crippen LogP contribution in [0.25, 0.3) is 0 Å². The van der Waals surface area contributed by atoms with Gasteiger partial charge >= 0.3 is 0 Å². The molecule has 2 amide bonds. The van der Waals surface area contributed by atoms with Crippen LogP contribution in [0.4, 0.5) is 5.69 Å². The molecule has 1 aromatic carbocycles. The van der Waals surface area contributed by atoms with Crippen LogP contribution in [0.3, 0.4) is 0 Å². The van der Waals surface area contributed by atoms with Crippen molar-refractivity contribution in [2.45, 2.75) is 26.3 Å². The van der Waals surface area contributed by atoms with E-state index in [2.05, 4.69) is 29.4 Å². The van der Waals surface area contributed by atoms with Crippen molar-refractivity contribution < 1.29 is 14.3 Å². The third-order valence-corrected chi connectivity index (χ3v) is 4.06. The summed E-state index contributed by atoms with van der Waals surface area (Å²) in [6.45, 7) is 4.26. The molecule has 0 bridgehead atoms. The summed E-state index contributed by atoms with van der Waals surface area (Å²) < 4.78 is 5.69. The fourth-order valence-corrected chi connectivity index (χ4v) is 2.81. The van der Waals surface area contributed by atoms with Crippen LogP contribution in [-0.4, -0.2) is 41.7 Å². The molecule has 0 saturated heterocycles. The minimum Gasteiger partial charge on any atom is -0.489 e. The maximum absolute atomic E-state index is 12.6. The number of nitrogens with one attached hydrogen (secondary N) is 2. The molecule has 1 aliphatic heterocycles. The Labute approximate surface area is 146 Å². The van der Waals surface area contributed by atoms with Crippen LogP contribution in [0.2, 0.25) is 0 Å². The fourth-order valence-electron chi connectivity index (χ4n) is 2.81. The van der Waals surface area contributed by atoms with E-state index in [0.717, 1.165) is 12.1 Å². The van der Waals surface area contributed by atoms with Crippen LogP contribution in [0.15, 0.2) is 30.3 Å². The van der Waals surface area contributed by atoms with Gasteiger partial charge in [-0.15, -0.1) is 0 Å². The first-order valence-electron chi connectivity index (χ1n) is 8.30. The molecule has 2 heterocycles. The summed E-state index contributed by atoms with van der Waals surface area (Å²) in [5, 5.41) is 9.62. The first-order chi connectivity index (χ1) is 12.0. The van der Waals surface area contributed by atoms with E-state index in [9.17, 15) is 9.59 Å². The summed E-state index contributed by atoms with van der Waals surface area (Å²) in [5.74, 6) is 0.457. The Kier molecular flexibility index (Phi) is 4.74. The average molecular weight is 342 g/mol. The molecule has 1 atom stereocenters. The van der Waals surface area contributed by atoms with Crippen LogP contribution >= 0.6 is 0 Å². The second-order valence-corrected chi connectivity index (χ2v) is 6.58. The summed E-state index contributed by atoms with van der Waals surface area (Å²) in [4.78, 5) is 26.6. The second kappa shape index (κ2) is 6.96. The van der Waals surface area contributed by atoms with E-state index in [0.29, 0.717) is 17.4 Å². The maximum atomic E-state index is 12.6. The number of rotatable bonds is 4. The predicted octanol–water partition coefficient (Wildman–Crippen LogP) is 1.76. The smallest absolute Gasteiger partial charge is 0.272 e. The van der Waals surface area contributed by atoms with Gasteiger partial charge in [0.25, 0.3) is 11.8 Å². The van der Waals surface area contributed by atoms with E-state index in [4.69, 9.17) is 4.74 Å². The number of hydrogen-bond acceptors (Lipinski definition) is 4. The molecule has 0 spiro atoms. The predicted molar refractivity (Wildman–Crippen MR) is 93.7 cm³/mol. The van der Waals surface area contributed by atoms with Crippen LogP contribution in [0, 0.1) is 5.92 Å². The van der Waals surface area contributed by atoms with Gasteiger partial charge in [-0.3, -0.25) is 14.7 Å². The molecule has 7 nitrogen and oxygen atoms in total. The van der Waals surface area contributed by atoms with Crippen molar-refractivity contribution in [2.24, 2.45) is 5.92 Å². The number of fused-ring (bicyclic) bond motifs is 1. The maximum Gasteiger partial charge on any atom is 0.272 e. The highest BCUT2D eigenvalue weighted by atomic mass is 16.5. The van der Waals surface area contributed by atoms with Crippen molar-refractivity contribution in [1.82, 2.24) is 15.5 Å². The highest BCUT2D eigenvalue weighted by molar-refractivity contribution is 6.02. The molecule has 0 unspecified atom stereocenters. The molecule has 0 fully saturated rings. The molecule has 3 rings (SSSR count). The quantitative estimate of drug-likeness (QED) is 0.886. The number of likely N-dealkylation sites (N-methyl/N-ethyl adjacent to an activating group) is 1. The lowest BCUT2D eigenvalue weighted by Gasteiger charge is -2.19. The molecule has 1 aromatic heterocycles. The minimum atomic E-state index is -0.768. The Morgan fingerprint density at radius 1 is 1.44 bits per heavy atom. The van der Waals surface area contributed by atoms with Gasteiger partial charge in [0.15, 0.2) is 0 Å². The van der Waals surface area contributed by atoms with Gasteiger partial charge in [-0.25, -0.2) is 0 Å². The van der Waals surface area contributed by atoms with Crippen LogP contribution in [0.1, 0.15) is 30.0 Å². The monoisotopic (exact) mass is 342 g/mol. The molecule has 25 heavy (non-hydrogen) atoms. The SMILES string of the molecule is CC(C)Cc1cc(C(=O)N[C@H]2COc3ccccc3N(C)C2=O)n[nH]1. The zero-order valence-electron chi connectivity index (χ0n) is 14.6. The Balaban J connectivity index is 1.71. The second-order valence-electron chi connectivity index (χ2n) is 6.58. The van der Waals surface area contributed by atoms with Crippen LogP contribution in [0.5, 0.6) is 5.75 Å². The third kappa shape index (κ3) is 3.65. The molecule has 132 valence electrons. The lowest BCUT2D eigenvalue weighted by molar-refractivity contribution is -0.120. The van der Waals surface area contributed by atoms with E-state index in [1.807, 2.05) is 18.2 Å². The number of anilines is 1. The molecular weight excluding hydrogens is 320 g/mol. The topological polar surface area (TPSA) is 87.3 Å². The Morgan fingerprint density at radius 2 is 2.20 bits per heavy atom. The first-order valence-corrected chi connectivity index (χ1v) is 8.30. The van der Waals surface area contributed by atoms with Gasteiger partial charge < -0.3 is 15.0 Å². The van der Waals surface area contributed by atoms with E-state index in [-0.39, 0.29) is 18.2 Å². The number of H-pyrrole nitrogens is 1. The van der Waals surface area contributed by atoms with Crippen molar-refractivity contribution in [3.63, 3.8) is 0 Å². The molecule has 0 radical (unpaired) electrons. The van der Waals surface area contributed by atoms with Crippen molar-refractivity contribution in [3.05, 3.63) is 41.7 Å². The molecule has 1 aliphatic rings. The van der Waals surface area contributed by atoms with Crippen molar-refractivity contribution in [1.29, 1.82) is 0 Å². The zero-order valence-corrected chi connectivity index (χ0v) is 14.6. The number of carbonyl (C=O) groups excluding carboxylic acids is 2. The summed E-state index contributed by atoms with van der Waals surface area (Å²) in [6, 6.07) is 8.24. The van der Waals surface area contributed by atoms with Gasteiger partial charge in [-0.05, 0) is 30.5 Å². The van der Waals surface area contributed by atoms with E-state index in [1.54, 1.807) is 19.2 Å². The highest BCUT2D eigenvalue weighted by Gasteiger charge is 2.31. The van der Waals surface area contributed by atoms with E-state index in [1.165, 1.54) is 4.90 Å².